The zero-order valence-corrected chi connectivity index (χ0v) is 13.6. The zero-order valence-electron chi connectivity index (χ0n) is 13.6. The average molecular weight is 361 g/mol. The van der Waals surface area contributed by atoms with Crippen molar-refractivity contribution in [1.29, 1.82) is 0 Å². The first-order valence-corrected chi connectivity index (χ1v) is 7.62. The summed E-state index contributed by atoms with van der Waals surface area (Å²) in [5.74, 6) is -0.547. The van der Waals surface area contributed by atoms with Crippen LogP contribution in [0.25, 0.3) is 5.69 Å². The van der Waals surface area contributed by atoms with E-state index in [4.69, 9.17) is 0 Å². The summed E-state index contributed by atoms with van der Waals surface area (Å²) in [6.45, 7) is 1.76. The van der Waals surface area contributed by atoms with Crippen molar-refractivity contribution >= 4 is 11.6 Å². The van der Waals surface area contributed by atoms with Crippen LogP contribution in [0.5, 0.6) is 0 Å². The normalized spacial score (nSPS) is 11.4. The fraction of sp³-hybridized carbons (Fsp3) is 0.111. The lowest BCUT2D eigenvalue weighted by molar-refractivity contribution is -0.137. The maximum atomic E-state index is 12.7. The molecule has 0 unspecified atom stereocenters. The van der Waals surface area contributed by atoms with E-state index in [-0.39, 0.29) is 16.9 Å². The molecule has 1 aromatic heterocycles. The Hall–Kier alpha value is -3.29. The molecule has 134 valence electrons. The third-order valence-electron chi connectivity index (χ3n) is 3.80. The molecular formula is C18H14F3N3O2. The highest BCUT2D eigenvalue weighted by Gasteiger charge is 2.30. The lowest BCUT2D eigenvalue weighted by atomic mass is 10.1. The number of nitrogens with zero attached hydrogens (tertiary/aromatic N) is 1. The summed E-state index contributed by atoms with van der Waals surface area (Å²) >= 11 is 0. The van der Waals surface area contributed by atoms with Crippen molar-refractivity contribution in [2.75, 3.05) is 5.32 Å². The number of aryl methyl sites for hydroxylation is 1. The highest BCUT2D eigenvalue weighted by molar-refractivity contribution is 6.04. The van der Waals surface area contributed by atoms with Crippen LogP contribution in [0.15, 0.2) is 59.5 Å². The minimum atomic E-state index is -4.48. The van der Waals surface area contributed by atoms with E-state index in [0.717, 1.165) is 12.1 Å². The Balaban J connectivity index is 1.80. The Kier molecular flexibility index (Phi) is 4.41. The lowest BCUT2D eigenvalue weighted by Gasteiger charge is -2.10. The van der Waals surface area contributed by atoms with Gasteiger partial charge in [-0.15, -0.1) is 0 Å². The maximum Gasteiger partial charge on any atom is 0.416 e. The molecule has 1 amide bonds. The van der Waals surface area contributed by atoms with Gasteiger partial charge in [0.1, 0.15) is 0 Å². The van der Waals surface area contributed by atoms with E-state index in [1.54, 1.807) is 25.3 Å². The van der Waals surface area contributed by atoms with Crippen LogP contribution in [0.1, 0.15) is 21.6 Å². The fourth-order valence-electron chi connectivity index (χ4n) is 2.51. The van der Waals surface area contributed by atoms with Crippen molar-refractivity contribution in [1.82, 2.24) is 9.55 Å². The quantitative estimate of drug-likeness (QED) is 0.746. The van der Waals surface area contributed by atoms with Gasteiger partial charge in [-0.2, -0.15) is 13.2 Å². The van der Waals surface area contributed by atoms with Crippen LogP contribution in [-0.4, -0.2) is 15.5 Å². The Morgan fingerprint density at radius 3 is 2.38 bits per heavy atom. The van der Waals surface area contributed by atoms with Crippen molar-refractivity contribution in [3.8, 4) is 5.69 Å². The standard InChI is InChI=1S/C18H14F3N3O2/c1-11-10-22-17(26)24(11)15-7-5-12(6-8-15)16(25)23-14-4-2-3-13(9-14)18(19,20)21/h2-10H,1H3,(H,22,26)(H,23,25). The second-order valence-electron chi connectivity index (χ2n) is 5.65. The van der Waals surface area contributed by atoms with Crippen molar-refractivity contribution in [3.63, 3.8) is 0 Å². The average Bonchev–Trinajstić information content (AvgIpc) is 2.93. The molecule has 2 aromatic carbocycles. The summed E-state index contributed by atoms with van der Waals surface area (Å²) in [5, 5.41) is 2.43. The highest BCUT2D eigenvalue weighted by Crippen LogP contribution is 2.30. The molecule has 0 fully saturated rings. The molecule has 0 spiro atoms. The molecule has 0 saturated heterocycles. The predicted octanol–water partition coefficient (Wildman–Crippen LogP) is 3.75. The molecule has 0 saturated carbocycles. The first-order chi connectivity index (χ1) is 12.3. The molecule has 0 aliphatic heterocycles. The van der Waals surface area contributed by atoms with Gasteiger partial charge in [0.25, 0.3) is 5.91 Å². The van der Waals surface area contributed by atoms with Gasteiger partial charge in [0.15, 0.2) is 0 Å². The van der Waals surface area contributed by atoms with Crippen molar-refractivity contribution in [2.45, 2.75) is 13.1 Å². The number of alkyl halides is 3. The number of amides is 1. The molecule has 0 atom stereocenters. The van der Waals surface area contributed by atoms with Crippen LogP contribution >= 0.6 is 0 Å². The molecule has 3 rings (SSSR count). The number of H-pyrrole nitrogens is 1. The van der Waals surface area contributed by atoms with E-state index in [1.807, 2.05) is 0 Å². The summed E-state index contributed by atoms with van der Waals surface area (Å²) in [5.41, 5.74) is 0.441. The van der Waals surface area contributed by atoms with E-state index in [1.165, 1.54) is 28.8 Å². The molecule has 8 heteroatoms. The van der Waals surface area contributed by atoms with Gasteiger partial charge in [-0.3, -0.25) is 9.36 Å². The predicted molar refractivity (Wildman–Crippen MR) is 90.5 cm³/mol. The highest BCUT2D eigenvalue weighted by atomic mass is 19.4. The van der Waals surface area contributed by atoms with E-state index in [9.17, 15) is 22.8 Å². The molecular weight excluding hydrogens is 347 g/mol. The Morgan fingerprint density at radius 1 is 1.12 bits per heavy atom. The molecule has 0 aliphatic carbocycles. The van der Waals surface area contributed by atoms with E-state index >= 15 is 0 Å². The number of benzene rings is 2. The van der Waals surface area contributed by atoms with Crippen LogP contribution in [0.4, 0.5) is 18.9 Å². The van der Waals surface area contributed by atoms with E-state index in [0.29, 0.717) is 11.4 Å². The van der Waals surface area contributed by atoms with Gasteiger partial charge in [-0.25, -0.2) is 4.79 Å². The SMILES string of the molecule is Cc1c[nH]c(=O)n1-c1ccc(C(=O)Nc2cccc(C(F)(F)F)c2)cc1. The number of hydrogen-bond acceptors (Lipinski definition) is 2. The number of aromatic nitrogens is 2. The summed E-state index contributed by atoms with van der Waals surface area (Å²) in [6.07, 6.45) is -2.92. The monoisotopic (exact) mass is 361 g/mol. The molecule has 0 aliphatic rings. The summed E-state index contributed by atoms with van der Waals surface area (Å²) in [7, 11) is 0. The van der Waals surface area contributed by atoms with Crippen molar-refractivity contribution < 1.29 is 18.0 Å². The van der Waals surface area contributed by atoms with Gasteiger partial charge in [-0.1, -0.05) is 6.07 Å². The van der Waals surface area contributed by atoms with Crippen LogP contribution in [0.2, 0.25) is 0 Å². The number of halogens is 3. The first kappa shape index (κ1) is 17.5. The first-order valence-electron chi connectivity index (χ1n) is 7.62. The Morgan fingerprint density at radius 2 is 1.81 bits per heavy atom. The summed E-state index contributed by atoms with van der Waals surface area (Å²) < 4.78 is 39.6. The van der Waals surface area contributed by atoms with Gasteiger partial charge in [0.05, 0.1) is 11.3 Å². The van der Waals surface area contributed by atoms with Crippen LogP contribution in [0.3, 0.4) is 0 Å². The number of carbonyl (C=O) groups excluding carboxylic acids is 1. The third-order valence-corrected chi connectivity index (χ3v) is 3.80. The topological polar surface area (TPSA) is 66.9 Å². The third kappa shape index (κ3) is 3.53. The number of nitrogens with one attached hydrogen (secondary N) is 2. The largest absolute Gasteiger partial charge is 0.416 e. The molecule has 1 heterocycles. The van der Waals surface area contributed by atoms with E-state index < -0.39 is 17.6 Å². The second-order valence-corrected chi connectivity index (χ2v) is 5.65. The summed E-state index contributed by atoms with van der Waals surface area (Å²) in [6, 6.07) is 10.6. The zero-order chi connectivity index (χ0) is 18.9. The van der Waals surface area contributed by atoms with Gasteiger partial charge < -0.3 is 10.3 Å². The fourth-order valence-corrected chi connectivity index (χ4v) is 2.51. The smallest absolute Gasteiger partial charge is 0.322 e. The molecule has 26 heavy (non-hydrogen) atoms. The minimum Gasteiger partial charge on any atom is -0.322 e. The maximum absolute atomic E-state index is 12.7. The van der Waals surface area contributed by atoms with Crippen LogP contribution in [-0.2, 0) is 6.18 Å². The number of carbonyl (C=O) groups is 1. The molecule has 0 radical (unpaired) electrons. The molecule has 2 N–H and O–H groups in total. The molecule has 0 bridgehead atoms. The van der Waals surface area contributed by atoms with Gasteiger partial charge in [-0.05, 0) is 49.4 Å². The number of aromatic amines is 1. The van der Waals surface area contributed by atoms with E-state index in [2.05, 4.69) is 10.3 Å². The van der Waals surface area contributed by atoms with Crippen molar-refractivity contribution in [3.05, 3.63) is 82.0 Å². The van der Waals surface area contributed by atoms with Gasteiger partial charge in [0, 0.05) is 23.1 Å². The molecule has 5 nitrogen and oxygen atoms in total. The Bertz CT molecular complexity index is 1000. The Labute approximate surface area is 146 Å². The van der Waals surface area contributed by atoms with Crippen molar-refractivity contribution in [2.24, 2.45) is 0 Å². The second kappa shape index (κ2) is 6.55. The summed E-state index contributed by atoms with van der Waals surface area (Å²) in [4.78, 5) is 26.5. The van der Waals surface area contributed by atoms with Crippen LogP contribution in [0, 0.1) is 6.92 Å². The number of hydrogen-bond donors (Lipinski definition) is 2. The van der Waals surface area contributed by atoms with Crippen LogP contribution < -0.4 is 11.0 Å². The number of rotatable bonds is 3. The number of imidazole rings is 1. The molecule has 3 aromatic rings. The van der Waals surface area contributed by atoms with Gasteiger partial charge >= 0.3 is 11.9 Å². The van der Waals surface area contributed by atoms with Gasteiger partial charge in [0.2, 0.25) is 0 Å². The minimum absolute atomic E-state index is 0.0478. The number of anilines is 1. The lowest BCUT2D eigenvalue weighted by Crippen LogP contribution is -2.16.